The summed E-state index contributed by atoms with van der Waals surface area (Å²) in [6.45, 7) is 1.83. The number of amides is 1. The van der Waals surface area contributed by atoms with Crippen molar-refractivity contribution in [2.75, 3.05) is 18.4 Å². The first-order valence-electron chi connectivity index (χ1n) is 8.33. The maximum Gasteiger partial charge on any atom is 0.293 e. The second-order valence-electron chi connectivity index (χ2n) is 6.07. The van der Waals surface area contributed by atoms with Crippen LogP contribution in [0.2, 0.25) is 0 Å². The maximum absolute atomic E-state index is 12.4. The van der Waals surface area contributed by atoms with E-state index in [1.165, 1.54) is 17.6 Å². The van der Waals surface area contributed by atoms with Crippen molar-refractivity contribution in [3.05, 3.63) is 70.6 Å². The smallest absolute Gasteiger partial charge is 0.293 e. The molecule has 6 nitrogen and oxygen atoms in total. The van der Waals surface area contributed by atoms with Gasteiger partial charge in [-0.2, -0.15) is 0 Å². The van der Waals surface area contributed by atoms with Crippen LogP contribution in [0.25, 0.3) is 0 Å². The molecular weight excluding hydrogens is 350 g/mol. The Morgan fingerprint density at radius 3 is 2.81 bits per heavy atom. The fraction of sp³-hybridized carbons (Fsp3) is 0.211. The van der Waals surface area contributed by atoms with Crippen LogP contribution in [-0.4, -0.2) is 34.7 Å². The van der Waals surface area contributed by atoms with E-state index in [2.05, 4.69) is 15.2 Å². The quantitative estimate of drug-likeness (QED) is 0.701. The molecule has 3 heterocycles. The van der Waals surface area contributed by atoms with Gasteiger partial charge in [-0.25, -0.2) is 4.98 Å². The van der Waals surface area contributed by atoms with E-state index in [-0.39, 0.29) is 17.5 Å². The van der Waals surface area contributed by atoms with Crippen LogP contribution in [0.5, 0.6) is 0 Å². The largest absolute Gasteiger partial charge is 0.459 e. The Morgan fingerprint density at radius 2 is 2.04 bits per heavy atom. The molecule has 0 bridgehead atoms. The first-order chi connectivity index (χ1) is 12.7. The number of nitrogens with one attached hydrogen (secondary N) is 1. The number of carbonyl (C=O) groups excluding carboxylic acids is 2. The first kappa shape index (κ1) is 16.7. The van der Waals surface area contributed by atoms with Gasteiger partial charge in [0.15, 0.2) is 16.7 Å². The van der Waals surface area contributed by atoms with Gasteiger partial charge in [-0.15, -0.1) is 11.3 Å². The van der Waals surface area contributed by atoms with Crippen molar-refractivity contribution < 1.29 is 14.0 Å². The summed E-state index contributed by atoms with van der Waals surface area (Å²) in [5.41, 5.74) is 1.72. The minimum absolute atomic E-state index is 0.116. The molecule has 1 aliphatic heterocycles. The summed E-state index contributed by atoms with van der Waals surface area (Å²) >= 11 is 1.45. The molecule has 0 radical (unpaired) electrons. The second-order valence-corrected chi connectivity index (χ2v) is 7.15. The number of carbonyl (C=O) groups is 2. The average molecular weight is 367 g/mol. The van der Waals surface area contributed by atoms with E-state index in [0.717, 1.165) is 29.1 Å². The Hall–Kier alpha value is -2.77. The Kier molecular flexibility index (Phi) is 4.64. The number of nitrogens with zero attached hydrogens (tertiary/aromatic N) is 2. The predicted molar refractivity (Wildman–Crippen MR) is 98.5 cm³/mol. The molecule has 0 atom stereocenters. The molecule has 0 aliphatic carbocycles. The molecule has 132 valence electrons. The molecule has 26 heavy (non-hydrogen) atoms. The van der Waals surface area contributed by atoms with Crippen LogP contribution in [-0.2, 0) is 13.0 Å². The number of hydrogen-bond donors (Lipinski definition) is 1. The van der Waals surface area contributed by atoms with Crippen molar-refractivity contribution in [2.45, 2.75) is 13.0 Å². The van der Waals surface area contributed by atoms with Crippen LogP contribution in [0.4, 0.5) is 5.13 Å². The van der Waals surface area contributed by atoms with Gasteiger partial charge in [0.2, 0.25) is 0 Å². The highest BCUT2D eigenvalue weighted by molar-refractivity contribution is 7.15. The van der Waals surface area contributed by atoms with Gasteiger partial charge in [0.05, 0.1) is 18.5 Å². The summed E-state index contributed by atoms with van der Waals surface area (Å²) in [5.74, 6) is 0.0652. The van der Waals surface area contributed by atoms with E-state index in [1.54, 1.807) is 12.1 Å². The number of benzene rings is 1. The minimum atomic E-state index is -0.308. The highest BCUT2D eigenvalue weighted by Crippen LogP contribution is 2.28. The fourth-order valence-corrected chi connectivity index (χ4v) is 3.97. The highest BCUT2D eigenvalue weighted by Gasteiger charge is 2.23. The maximum atomic E-state index is 12.4. The number of thiazole rings is 1. The van der Waals surface area contributed by atoms with E-state index in [1.807, 2.05) is 30.3 Å². The molecular formula is C19H17N3O3S. The van der Waals surface area contributed by atoms with Crippen LogP contribution in [0.3, 0.4) is 0 Å². The molecule has 7 heteroatoms. The normalized spacial score (nSPS) is 14.0. The monoisotopic (exact) mass is 367 g/mol. The topological polar surface area (TPSA) is 75.4 Å². The number of rotatable bonds is 5. The molecule has 1 amide bonds. The summed E-state index contributed by atoms with van der Waals surface area (Å²) in [6.07, 6.45) is 2.23. The number of hydrogen-bond acceptors (Lipinski definition) is 6. The standard InChI is InChI=1S/C19H17N3O3S/c23-15(13-5-2-1-3-6-13)11-22-9-8-14-17(12-22)26-19(20-14)21-18(24)16-7-4-10-25-16/h1-7,10H,8-9,11-12H2,(H,20,21,24). The summed E-state index contributed by atoms with van der Waals surface area (Å²) in [7, 11) is 0. The van der Waals surface area contributed by atoms with Crippen LogP contribution in [0.1, 0.15) is 31.5 Å². The first-order valence-corrected chi connectivity index (χ1v) is 9.15. The van der Waals surface area contributed by atoms with E-state index in [9.17, 15) is 9.59 Å². The molecule has 0 saturated carbocycles. The third-order valence-corrected chi connectivity index (χ3v) is 5.24. The zero-order valence-electron chi connectivity index (χ0n) is 14.0. The van der Waals surface area contributed by atoms with Crippen LogP contribution < -0.4 is 5.32 Å². The van der Waals surface area contributed by atoms with Crippen molar-refractivity contribution >= 4 is 28.2 Å². The van der Waals surface area contributed by atoms with E-state index >= 15 is 0 Å². The van der Waals surface area contributed by atoms with E-state index in [0.29, 0.717) is 18.2 Å². The lowest BCUT2D eigenvalue weighted by Gasteiger charge is -2.24. The highest BCUT2D eigenvalue weighted by atomic mass is 32.1. The number of Topliss-reactive ketones (excluding diaryl/α,β-unsaturated/α-hetero) is 1. The molecule has 1 aliphatic rings. The van der Waals surface area contributed by atoms with Crippen molar-refractivity contribution in [3.63, 3.8) is 0 Å². The van der Waals surface area contributed by atoms with Gasteiger partial charge in [-0.1, -0.05) is 30.3 Å². The third-order valence-electron chi connectivity index (χ3n) is 4.24. The van der Waals surface area contributed by atoms with Crippen molar-refractivity contribution in [3.8, 4) is 0 Å². The van der Waals surface area contributed by atoms with Gasteiger partial charge in [-0.05, 0) is 12.1 Å². The lowest BCUT2D eigenvalue weighted by atomic mass is 10.1. The molecule has 0 unspecified atom stereocenters. The molecule has 0 spiro atoms. The fourth-order valence-electron chi connectivity index (χ4n) is 2.92. The number of anilines is 1. The Morgan fingerprint density at radius 1 is 1.19 bits per heavy atom. The summed E-state index contributed by atoms with van der Waals surface area (Å²) in [5, 5.41) is 3.33. The molecule has 0 fully saturated rings. The zero-order chi connectivity index (χ0) is 17.9. The Bertz CT molecular complexity index is 919. The zero-order valence-corrected chi connectivity index (χ0v) is 14.8. The summed E-state index contributed by atoms with van der Waals surface area (Å²) in [4.78, 5) is 32.2. The van der Waals surface area contributed by atoms with Crippen molar-refractivity contribution in [1.82, 2.24) is 9.88 Å². The molecule has 1 N–H and O–H groups in total. The van der Waals surface area contributed by atoms with Gasteiger partial charge in [0.25, 0.3) is 5.91 Å². The lowest BCUT2D eigenvalue weighted by Crippen LogP contribution is -2.34. The average Bonchev–Trinajstić information content (AvgIpc) is 3.31. The van der Waals surface area contributed by atoms with E-state index < -0.39 is 0 Å². The van der Waals surface area contributed by atoms with Gasteiger partial charge < -0.3 is 4.42 Å². The molecule has 0 saturated heterocycles. The second kappa shape index (κ2) is 7.23. The molecule has 2 aromatic heterocycles. The van der Waals surface area contributed by atoms with Gasteiger partial charge >= 0.3 is 0 Å². The molecule has 1 aromatic carbocycles. The number of aromatic nitrogens is 1. The van der Waals surface area contributed by atoms with E-state index in [4.69, 9.17) is 4.42 Å². The molecule has 3 aromatic rings. The third kappa shape index (κ3) is 3.58. The molecule has 4 rings (SSSR count). The van der Waals surface area contributed by atoms with Gasteiger partial charge in [-0.3, -0.25) is 19.8 Å². The lowest BCUT2D eigenvalue weighted by molar-refractivity contribution is 0.0921. The number of furan rings is 1. The van der Waals surface area contributed by atoms with Gasteiger partial charge in [0.1, 0.15) is 0 Å². The SMILES string of the molecule is O=C(CN1CCc2nc(NC(=O)c3ccco3)sc2C1)c1ccccc1. The van der Waals surface area contributed by atoms with Crippen LogP contribution in [0.15, 0.2) is 53.1 Å². The van der Waals surface area contributed by atoms with Crippen LogP contribution >= 0.6 is 11.3 Å². The van der Waals surface area contributed by atoms with Crippen molar-refractivity contribution in [1.29, 1.82) is 0 Å². The summed E-state index contributed by atoms with van der Waals surface area (Å²) < 4.78 is 5.09. The number of fused-ring (bicyclic) bond motifs is 1. The number of ketones is 1. The summed E-state index contributed by atoms with van der Waals surface area (Å²) in [6, 6.07) is 12.6. The van der Waals surface area contributed by atoms with Crippen molar-refractivity contribution in [2.24, 2.45) is 0 Å². The Labute approximate surface area is 154 Å². The predicted octanol–water partition coefficient (Wildman–Crippen LogP) is 3.23. The Balaban J connectivity index is 1.40. The van der Waals surface area contributed by atoms with Gasteiger partial charge in [0, 0.05) is 30.0 Å². The van der Waals surface area contributed by atoms with Crippen LogP contribution in [0, 0.1) is 0 Å². The minimum Gasteiger partial charge on any atom is -0.459 e.